The number of benzene rings is 3. The van der Waals surface area contributed by atoms with Crippen molar-refractivity contribution in [1.29, 1.82) is 0 Å². The summed E-state index contributed by atoms with van der Waals surface area (Å²) in [6.45, 7) is 18.2. The molecule has 3 aromatic rings. The van der Waals surface area contributed by atoms with Crippen LogP contribution in [-0.2, 0) is 41.5 Å². The number of hydrogen-bond donors (Lipinski definition) is 0. The molecular formula is C41H44Cl2Zr-2. The van der Waals surface area contributed by atoms with Gasteiger partial charge in [-0.1, -0.05) is 75.8 Å². The van der Waals surface area contributed by atoms with E-state index in [1.54, 1.807) is 0 Å². The van der Waals surface area contributed by atoms with Crippen molar-refractivity contribution in [2.24, 2.45) is 5.92 Å². The van der Waals surface area contributed by atoms with Gasteiger partial charge in [-0.3, -0.25) is 6.08 Å². The molecule has 44 heavy (non-hydrogen) atoms. The van der Waals surface area contributed by atoms with Crippen molar-refractivity contribution in [3.8, 4) is 11.1 Å². The summed E-state index contributed by atoms with van der Waals surface area (Å²) in [5.41, 5.74) is 17.6. The van der Waals surface area contributed by atoms with Crippen molar-refractivity contribution in [3.63, 3.8) is 0 Å². The predicted octanol–water partition coefficient (Wildman–Crippen LogP) is 4.57. The summed E-state index contributed by atoms with van der Waals surface area (Å²) < 4.78 is 2.17. The molecule has 0 N–H and O–H groups in total. The summed E-state index contributed by atoms with van der Waals surface area (Å²) in [6.07, 6.45) is 16.7. The SMILES string of the molecule is CC1=CC(C)[C-]=C1.CC1=C[CH-]C(C)(C)c2cc3c(cc21)-c1cc2c(cc1C3)C(C)(C)CC=C2C.[Cl-].[Cl-].[Zr+2]=[CH]c1ccccc1. The Balaban J connectivity index is 0.000000257. The predicted molar refractivity (Wildman–Crippen MR) is 179 cm³/mol. The van der Waals surface area contributed by atoms with E-state index in [-0.39, 0.29) is 35.6 Å². The molecule has 4 aliphatic carbocycles. The van der Waals surface area contributed by atoms with Crippen LogP contribution in [0.25, 0.3) is 22.3 Å². The third-order valence-corrected chi connectivity index (χ3v) is 9.97. The summed E-state index contributed by atoms with van der Waals surface area (Å²) in [7, 11) is 0. The Morgan fingerprint density at radius 3 is 1.91 bits per heavy atom. The van der Waals surface area contributed by atoms with Gasteiger partial charge in [-0.15, -0.1) is 19.4 Å². The van der Waals surface area contributed by atoms with Gasteiger partial charge in [0.15, 0.2) is 0 Å². The van der Waals surface area contributed by atoms with Crippen LogP contribution in [0.2, 0.25) is 0 Å². The standard InChI is InChI=1S/C27H29.C7H9.C7H6.2ClH.Zr/c1-16-7-9-26(3,4)24-12-18-11-19-13-25-21(17(2)8-10-27(25,5)6)15-23(19)22(18)14-20(16)24;1-6-3-4-7(2)5-6;1-7-5-3-2-4-6-7;;;/h7-9,12-15H,10-11H2,1-6H3;3,5,7H,1-2H3;1-6H;2*1H;/q2*-1;;;;+2/p-2. The first kappa shape index (κ1) is 36.3. The molecule has 0 bridgehead atoms. The Morgan fingerprint density at radius 1 is 0.818 bits per heavy atom. The van der Waals surface area contributed by atoms with E-state index < -0.39 is 0 Å². The van der Waals surface area contributed by atoms with Crippen LogP contribution in [-0.4, -0.2) is 3.71 Å². The van der Waals surface area contributed by atoms with Crippen LogP contribution in [0.1, 0.15) is 101 Å². The molecular weight excluding hydrogens is 655 g/mol. The fourth-order valence-corrected chi connectivity index (χ4v) is 6.95. The van der Waals surface area contributed by atoms with E-state index in [1.807, 2.05) is 12.1 Å². The molecule has 0 saturated carbocycles. The molecule has 0 fully saturated rings. The second kappa shape index (κ2) is 14.5. The Bertz CT molecular complexity index is 1560. The first-order valence-electron chi connectivity index (χ1n) is 15.3. The summed E-state index contributed by atoms with van der Waals surface area (Å²) in [5.74, 6) is 0.556. The molecule has 0 saturated heterocycles. The number of rotatable bonds is 1. The zero-order valence-corrected chi connectivity index (χ0v) is 31.4. The van der Waals surface area contributed by atoms with Crippen LogP contribution in [0.4, 0.5) is 0 Å². The normalized spacial score (nSPS) is 18.7. The van der Waals surface area contributed by atoms with Crippen molar-refractivity contribution >= 4 is 14.9 Å². The van der Waals surface area contributed by atoms with E-state index in [9.17, 15) is 0 Å². The summed E-state index contributed by atoms with van der Waals surface area (Å²) >= 11 is 1.46. The van der Waals surface area contributed by atoms with Gasteiger partial charge in [-0.05, 0) is 70.2 Å². The van der Waals surface area contributed by atoms with Gasteiger partial charge in [0.2, 0.25) is 0 Å². The molecule has 228 valence electrons. The molecule has 0 aliphatic heterocycles. The summed E-state index contributed by atoms with van der Waals surface area (Å²) in [4.78, 5) is 0. The van der Waals surface area contributed by atoms with Gasteiger partial charge >= 0.3 is 63.8 Å². The molecule has 1 atom stereocenters. The van der Waals surface area contributed by atoms with E-state index in [2.05, 4.69) is 138 Å². The molecule has 0 aromatic heterocycles. The minimum absolute atomic E-state index is 0. The molecule has 0 heterocycles. The quantitative estimate of drug-likeness (QED) is 0.256. The van der Waals surface area contributed by atoms with Gasteiger partial charge in [-0.2, -0.15) is 11.6 Å². The van der Waals surface area contributed by atoms with Gasteiger partial charge < -0.3 is 24.8 Å². The second-order valence-electron chi connectivity index (χ2n) is 13.6. The maximum absolute atomic E-state index is 3.15. The number of fused-ring (bicyclic) bond motifs is 5. The molecule has 0 spiro atoms. The molecule has 4 aliphatic rings. The van der Waals surface area contributed by atoms with E-state index >= 15 is 0 Å². The van der Waals surface area contributed by atoms with E-state index in [0.717, 1.165) is 12.8 Å². The van der Waals surface area contributed by atoms with Gasteiger partial charge in [0.25, 0.3) is 0 Å². The molecule has 3 aromatic carbocycles. The zero-order chi connectivity index (χ0) is 30.2. The molecule has 3 heteroatoms. The van der Waals surface area contributed by atoms with Crippen LogP contribution >= 0.6 is 0 Å². The summed E-state index contributed by atoms with van der Waals surface area (Å²) in [5, 5.41) is 0. The van der Waals surface area contributed by atoms with Crippen molar-refractivity contribution < 1.29 is 49.0 Å². The number of hydrogen-bond acceptors (Lipinski definition) is 0. The Labute approximate surface area is 294 Å². The topological polar surface area (TPSA) is 0 Å². The molecule has 0 radical (unpaired) electrons. The number of allylic oxidation sites excluding steroid dienone is 8. The zero-order valence-electron chi connectivity index (χ0n) is 27.4. The molecule has 0 amide bonds. The van der Waals surface area contributed by atoms with Crippen LogP contribution < -0.4 is 24.8 Å². The van der Waals surface area contributed by atoms with Gasteiger partial charge in [0, 0.05) is 0 Å². The fraction of sp³-hybridized carbons (Fsp3) is 0.317. The van der Waals surface area contributed by atoms with Gasteiger partial charge in [-0.25, -0.2) is 24.1 Å². The van der Waals surface area contributed by atoms with E-state index in [1.165, 1.54) is 91.0 Å². The minimum atomic E-state index is 0. The van der Waals surface area contributed by atoms with Crippen molar-refractivity contribution in [3.05, 3.63) is 136 Å². The van der Waals surface area contributed by atoms with Crippen LogP contribution in [0, 0.1) is 18.4 Å². The van der Waals surface area contributed by atoms with Crippen molar-refractivity contribution in [2.45, 2.75) is 79.1 Å². The van der Waals surface area contributed by atoms with Crippen LogP contribution in [0.3, 0.4) is 0 Å². The molecule has 1 unspecified atom stereocenters. The molecule has 7 rings (SSSR count). The fourth-order valence-electron chi connectivity index (χ4n) is 6.48. The maximum atomic E-state index is 3.15. The average molecular weight is 699 g/mol. The third-order valence-electron chi connectivity index (χ3n) is 9.15. The molecule has 0 nitrogen and oxygen atoms in total. The van der Waals surface area contributed by atoms with E-state index in [0.29, 0.717) is 5.92 Å². The van der Waals surface area contributed by atoms with E-state index in [4.69, 9.17) is 0 Å². The third kappa shape index (κ3) is 7.61. The van der Waals surface area contributed by atoms with Crippen molar-refractivity contribution in [2.75, 3.05) is 0 Å². The van der Waals surface area contributed by atoms with Gasteiger partial charge in [0.05, 0.1) is 0 Å². The average Bonchev–Trinajstić information content (AvgIpc) is 3.53. The first-order chi connectivity index (χ1) is 19.9. The first-order valence-corrected chi connectivity index (χ1v) is 16.7. The Morgan fingerprint density at radius 2 is 1.41 bits per heavy atom. The van der Waals surface area contributed by atoms with Crippen molar-refractivity contribution in [1.82, 2.24) is 0 Å². The van der Waals surface area contributed by atoms with Crippen LogP contribution in [0.5, 0.6) is 0 Å². The number of halogens is 2. The second-order valence-corrected chi connectivity index (χ2v) is 14.3. The van der Waals surface area contributed by atoms with Gasteiger partial charge in [0.1, 0.15) is 0 Å². The Kier molecular flexibility index (Phi) is 12.0. The Hall–Kier alpha value is -2.18. The monoisotopic (exact) mass is 696 g/mol. The summed E-state index contributed by atoms with van der Waals surface area (Å²) in [6, 6.07) is 20.3. The van der Waals surface area contributed by atoms with Crippen LogP contribution in [0.15, 0.2) is 84.5 Å².